The zero-order valence-corrected chi connectivity index (χ0v) is 12.8. The smallest absolute Gasteiger partial charge is 0.113 e. The minimum absolute atomic E-state index is 0.0367. The molecule has 1 nitrogen and oxygen atoms in total. The summed E-state index contributed by atoms with van der Waals surface area (Å²) >= 11 is 0. The van der Waals surface area contributed by atoms with Gasteiger partial charge in [0.25, 0.3) is 0 Å². The number of pyridine rings is 1. The van der Waals surface area contributed by atoms with E-state index in [9.17, 15) is 0 Å². The third kappa shape index (κ3) is 1.43. The average Bonchev–Trinajstić information content (AvgIpc) is 3.14. The van der Waals surface area contributed by atoms with Crippen molar-refractivity contribution in [3.8, 4) is 11.3 Å². The van der Waals surface area contributed by atoms with Gasteiger partial charge in [0.05, 0.1) is 5.69 Å². The molecule has 1 aromatic carbocycles. The van der Waals surface area contributed by atoms with Gasteiger partial charge in [-0.1, -0.05) is 22.6 Å². The number of allylic oxidation sites excluding steroid dienone is 2. The van der Waals surface area contributed by atoms with Crippen LogP contribution in [0.4, 0.5) is 0 Å². The van der Waals surface area contributed by atoms with Crippen molar-refractivity contribution in [1.82, 2.24) is 4.98 Å². The highest BCUT2D eigenvalue weighted by Gasteiger charge is 2.51. The Kier molecular flexibility index (Phi) is 2.55. The van der Waals surface area contributed by atoms with Crippen molar-refractivity contribution >= 4 is 58.8 Å². The molecule has 0 spiro atoms. The fraction of sp³-hybridized carbons (Fsp3) is 0.278. The first-order chi connectivity index (χ1) is 11.1. The van der Waals surface area contributed by atoms with Crippen LogP contribution < -0.4 is 21.9 Å². The summed E-state index contributed by atoms with van der Waals surface area (Å²) in [7, 11) is 25.0. The molecule has 23 heavy (non-hydrogen) atoms. The highest BCUT2D eigenvalue weighted by Crippen LogP contribution is 2.63. The Labute approximate surface area is 141 Å². The van der Waals surface area contributed by atoms with Crippen molar-refractivity contribution in [2.24, 2.45) is 0 Å². The highest BCUT2D eigenvalue weighted by atomic mass is 14.7. The van der Waals surface area contributed by atoms with E-state index < -0.39 is 0 Å². The molecule has 2 aromatic rings. The van der Waals surface area contributed by atoms with Gasteiger partial charge in [0.15, 0.2) is 0 Å². The number of nitrogens with zero attached hydrogens (tertiary/aromatic N) is 1. The summed E-state index contributed by atoms with van der Waals surface area (Å²) in [5, 5.41) is 0. The summed E-state index contributed by atoms with van der Waals surface area (Å²) in [6.07, 6.45) is 6.29. The van der Waals surface area contributed by atoms with Crippen LogP contribution in [0.1, 0.15) is 36.8 Å². The lowest BCUT2D eigenvalue weighted by atomic mass is 9.57. The monoisotopic (exact) mass is 285 g/mol. The second-order valence-corrected chi connectivity index (χ2v) is 6.86. The number of benzene rings is 1. The third-order valence-electron chi connectivity index (χ3n) is 6.01. The predicted molar refractivity (Wildman–Crippen MR) is 98.3 cm³/mol. The predicted octanol–water partition coefficient (Wildman–Crippen LogP) is -0.484. The van der Waals surface area contributed by atoms with Crippen LogP contribution in [0.15, 0.2) is 23.9 Å². The first-order valence-electron chi connectivity index (χ1n) is 8.01. The Morgan fingerprint density at radius 2 is 1.52 bits per heavy atom. The molecule has 0 aliphatic heterocycles. The molecule has 8 radical (unpaired) electrons. The van der Waals surface area contributed by atoms with Gasteiger partial charge in [0, 0.05) is 11.6 Å². The summed E-state index contributed by atoms with van der Waals surface area (Å²) in [4.78, 5) is 4.65. The maximum Gasteiger partial charge on any atom is 0.113 e. The zero-order valence-electron chi connectivity index (χ0n) is 12.8. The van der Waals surface area contributed by atoms with E-state index in [1.165, 1.54) is 16.7 Å². The lowest BCUT2D eigenvalue weighted by molar-refractivity contribution is 0.471. The zero-order chi connectivity index (χ0) is 15.9. The molecule has 5 rings (SSSR count). The fourth-order valence-corrected chi connectivity index (χ4v) is 4.96. The lowest BCUT2D eigenvalue weighted by Gasteiger charge is -2.40. The molecule has 1 aromatic heterocycles. The molecular weight excluding hydrogens is 273 g/mol. The Balaban J connectivity index is 2.02. The van der Waals surface area contributed by atoms with Crippen LogP contribution >= 0.6 is 0 Å². The SMILES string of the molecule is [B]c1c([B])c([B])c2c(c1[B])C1=C3CCC1(CC3)c1cccnc1-2. The summed E-state index contributed by atoms with van der Waals surface area (Å²) in [6.45, 7) is 0. The van der Waals surface area contributed by atoms with Crippen molar-refractivity contribution in [1.29, 1.82) is 0 Å². The van der Waals surface area contributed by atoms with Crippen LogP contribution in [-0.2, 0) is 5.41 Å². The molecule has 3 aliphatic carbocycles. The van der Waals surface area contributed by atoms with Gasteiger partial charge in [0.2, 0.25) is 0 Å². The van der Waals surface area contributed by atoms with E-state index in [4.69, 9.17) is 31.4 Å². The molecule has 0 N–H and O–H groups in total. The minimum atomic E-state index is 0.0367. The van der Waals surface area contributed by atoms with Crippen LogP contribution in [0.25, 0.3) is 16.8 Å². The van der Waals surface area contributed by atoms with E-state index >= 15 is 0 Å². The van der Waals surface area contributed by atoms with Crippen molar-refractivity contribution in [3.05, 3.63) is 35.0 Å². The first-order valence-corrected chi connectivity index (χ1v) is 8.01. The highest BCUT2D eigenvalue weighted by molar-refractivity contribution is 6.64. The quantitative estimate of drug-likeness (QED) is 0.596. The van der Waals surface area contributed by atoms with Gasteiger partial charge in [-0.3, -0.25) is 4.98 Å². The minimum Gasteiger partial charge on any atom is -0.256 e. The van der Waals surface area contributed by atoms with Crippen LogP contribution in [0, 0.1) is 0 Å². The normalized spacial score (nSPS) is 19.5. The van der Waals surface area contributed by atoms with E-state index in [0.29, 0.717) is 21.9 Å². The van der Waals surface area contributed by atoms with Crippen LogP contribution in [0.3, 0.4) is 0 Å². The second-order valence-electron chi connectivity index (χ2n) is 6.86. The molecule has 0 amide bonds. The molecule has 0 saturated carbocycles. The standard InChI is InChI=1S/C18H11B4N/c19-13-10-11(14(20)16(22)15(13)21)17-9(2-1-7-23-17)18-5-3-8(4-6-18)12(10)18/h1-2,7H,3-6H2. The van der Waals surface area contributed by atoms with Gasteiger partial charge < -0.3 is 0 Å². The lowest BCUT2D eigenvalue weighted by Crippen LogP contribution is -2.51. The largest absolute Gasteiger partial charge is 0.256 e. The molecule has 2 bridgehead atoms. The van der Waals surface area contributed by atoms with Gasteiger partial charge in [0.1, 0.15) is 31.4 Å². The average molecular weight is 285 g/mol. The van der Waals surface area contributed by atoms with Gasteiger partial charge in [-0.25, -0.2) is 0 Å². The molecule has 0 atom stereocenters. The number of hydrogen-bond donors (Lipinski definition) is 0. The second kappa shape index (κ2) is 4.26. The van der Waals surface area contributed by atoms with E-state index in [2.05, 4.69) is 11.1 Å². The van der Waals surface area contributed by atoms with Crippen molar-refractivity contribution in [3.63, 3.8) is 0 Å². The molecule has 0 saturated heterocycles. The molecule has 3 aliphatic rings. The van der Waals surface area contributed by atoms with E-state index in [1.807, 2.05) is 6.07 Å². The van der Waals surface area contributed by atoms with E-state index in [1.54, 1.807) is 6.20 Å². The van der Waals surface area contributed by atoms with Crippen molar-refractivity contribution in [2.75, 3.05) is 0 Å². The summed E-state index contributed by atoms with van der Waals surface area (Å²) in [6, 6.07) is 4.19. The molecular formula is C18H11B4N. The van der Waals surface area contributed by atoms with Crippen LogP contribution in [-0.4, -0.2) is 36.4 Å². The maximum atomic E-state index is 6.41. The molecule has 0 unspecified atom stereocenters. The Morgan fingerprint density at radius 1 is 0.870 bits per heavy atom. The van der Waals surface area contributed by atoms with Crippen molar-refractivity contribution < 1.29 is 0 Å². The summed E-state index contributed by atoms with van der Waals surface area (Å²) in [5.41, 5.74) is 8.76. The van der Waals surface area contributed by atoms with Gasteiger partial charge in [-0.15, -0.1) is 10.9 Å². The maximum absolute atomic E-state index is 6.41. The molecule has 5 heteroatoms. The summed E-state index contributed by atoms with van der Waals surface area (Å²) in [5.74, 6) is 0. The van der Waals surface area contributed by atoms with Gasteiger partial charge >= 0.3 is 0 Å². The topological polar surface area (TPSA) is 12.9 Å². The third-order valence-corrected chi connectivity index (χ3v) is 6.01. The van der Waals surface area contributed by atoms with E-state index in [0.717, 1.165) is 42.5 Å². The van der Waals surface area contributed by atoms with E-state index in [-0.39, 0.29) is 5.41 Å². The van der Waals surface area contributed by atoms with Crippen molar-refractivity contribution in [2.45, 2.75) is 31.1 Å². The number of rotatable bonds is 0. The molecule has 1 heterocycles. The number of fused-ring (bicyclic) bond motifs is 3. The Bertz CT molecular complexity index is 919. The fourth-order valence-electron chi connectivity index (χ4n) is 4.96. The number of hydrogen-bond acceptors (Lipinski definition) is 1. The Morgan fingerprint density at radius 3 is 2.22 bits per heavy atom. The summed E-state index contributed by atoms with van der Waals surface area (Å²) < 4.78 is 0. The molecule has 100 valence electrons. The van der Waals surface area contributed by atoms with Gasteiger partial charge in [-0.05, 0) is 54.0 Å². The van der Waals surface area contributed by atoms with Crippen LogP contribution in [0.2, 0.25) is 0 Å². The number of aromatic nitrogens is 1. The molecule has 0 fully saturated rings. The first kappa shape index (κ1) is 13.8. The van der Waals surface area contributed by atoms with Crippen LogP contribution in [0.5, 0.6) is 0 Å². The Hall–Kier alpha value is -1.63. The van der Waals surface area contributed by atoms with Gasteiger partial charge in [-0.2, -0.15) is 0 Å².